The Hall–Kier alpha value is -1.39. The van der Waals surface area contributed by atoms with E-state index < -0.39 is 5.92 Å². The van der Waals surface area contributed by atoms with Gasteiger partial charge in [-0.15, -0.1) is 0 Å². The van der Waals surface area contributed by atoms with Gasteiger partial charge in [-0.1, -0.05) is 30.3 Å². The molecule has 0 heterocycles. The average molecular weight is 222 g/mol. The van der Waals surface area contributed by atoms with Crippen LogP contribution in [-0.2, 0) is 11.3 Å². The van der Waals surface area contributed by atoms with Gasteiger partial charge in [0.05, 0.1) is 12.5 Å². The van der Waals surface area contributed by atoms with Crippen molar-refractivity contribution in [3.63, 3.8) is 0 Å². The standard InChI is InChI=1S/C12H18N2O2/c1-9(13)11(8-15)12(16)14-7-10-5-3-2-4-6-10/h2-6,9,11,15H,7-8,13H2,1H3,(H,14,16). The minimum Gasteiger partial charge on any atom is -0.395 e. The van der Waals surface area contributed by atoms with Crippen molar-refractivity contribution in [2.75, 3.05) is 6.61 Å². The zero-order valence-corrected chi connectivity index (χ0v) is 9.39. The molecule has 0 aromatic heterocycles. The Morgan fingerprint density at radius 1 is 1.44 bits per heavy atom. The first-order chi connectivity index (χ1) is 7.65. The highest BCUT2D eigenvalue weighted by Gasteiger charge is 2.20. The quantitative estimate of drug-likeness (QED) is 0.669. The first-order valence-corrected chi connectivity index (χ1v) is 5.33. The average Bonchev–Trinajstić information content (AvgIpc) is 2.28. The molecule has 1 rings (SSSR count). The lowest BCUT2D eigenvalue weighted by Crippen LogP contribution is -2.42. The van der Waals surface area contributed by atoms with Crippen molar-refractivity contribution in [1.29, 1.82) is 0 Å². The monoisotopic (exact) mass is 222 g/mol. The van der Waals surface area contributed by atoms with Gasteiger partial charge in [0.15, 0.2) is 0 Å². The number of carbonyl (C=O) groups excluding carboxylic acids is 1. The van der Waals surface area contributed by atoms with E-state index in [-0.39, 0.29) is 18.6 Å². The van der Waals surface area contributed by atoms with E-state index in [1.165, 1.54) is 0 Å². The fourth-order valence-corrected chi connectivity index (χ4v) is 1.40. The normalized spacial score (nSPS) is 14.2. The van der Waals surface area contributed by atoms with E-state index in [4.69, 9.17) is 10.8 Å². The molecule has 4 heteroatoms. The molecule has 0 aliphatic rings. The van der Waals surface area contributed by atoms with Crippen LogP contribution < -0.4 is 11.1 Å². The van der Waals surface area contributed by atoms with Gasteiger partial charge in [0.1, 0.15) is 0 Å². The summed E-state index contributed by atoms with van der Waals surface area (Å²) in [6.45, 7) is 1.95. The van der Waals surface area contributed by atoms with Crippen LogP contribution in [-0.4, -0.2) is 23.7 Å². The number of rotatable bonds is 5. The number of hydrogen-bond acceptors (Lipinski definition) is 3. The van der Waals surface area contributed by atoms with Crippen LogP contribution in [0.1, 0.15) is 12.5 Å². The molecule has 16 heavy (non-hydrogen) atoms. The minimum absolute atomic E-state index is 0.207. The number of benzene rings is 1. The molecule has 4 nitrogen and oxygen atoms in total. The van der Waals surface area contributed by atoms with Gasteiger partial charge in [-0.3, -0.25) is 4.79 Å². The summed E-state index contributed by atoms with van der Waals surface area (Å²) in [5.41, 5.74) is 6.62. The fourth-order valence-electron chi connectivity index (χ4n) is 1.40. The largest absolute Gasteiger partial charge is 0.395 e. The molecular formula is C12H18N2O2. The molecule has 0 radical (unpaired) electrons. The summed E-state index contributed by atoms with van der Waals surface area (Å²) in [6, 6.07) is 9.26. The number of nitrogens with one attached hydrogen (secondary N) is 1. The first kappa shape index (κ1) is 12.7. The fraction of sp³-hybridized carbons (Fsp3) is 0.417. The Kier molecular flexibility index (Phi) is 4.95. The van der Waals surface area contributed by atoms with Crippen LogP contribution in [0.4, 0.5) is 0 Å². The molecule has 88 valence electrons. The lowest BCUT2D eigenvalue weighted by Gasteiger charge is -2.17. The van der Waals surface area contributed by atoms with E-state index in [9.17, 15) is 4.79 Å². The van der Waals surface area contributed by atoms with E-state index in [0.29, 0.717) is 6.54 Å². The summed E-state index contributed by atoms with van der Waals surface area (Å²) in [5.74, 6) is -0.745. The van der Waals surface area contributed by atoms with E-state index in [0.717, 1.165) is 5.56 Å². The molecule has 4 N–H and O–H groups in total. The lowest BCUT2D eigenvalue weighted by molar-refractivity contribution is -0.126. The van der Waals surface area contributed by atoms with Crippen molar-refractivity contribution in [2.24, 2.45) is 11.7 Å². The van der Waals surface area contributed by atoms with Crippen molar-refractivity contribution >= 4 is 5.91 Å². The summed E-state index contributed by atoms with van der Waals surface area (Å²) in [7, 11) is 0. The highest BCUT2D eigenvalue weighted by Crippen LogP contribution is 2.02. The second-order valence-corrected chi connectivity index (χ2v) is 3.85. The van der Waals surface area contributed by atoms with E-state index in [1.807, 2.05) is 30.3 Å². The third-order valence-corrected chi connectivity index (χ3v) is 2.48. The van der Waals surface area contributed by atoms with Gasteiger partial charge >= 0.3 is 0 Å². The van der Waals surface area contributed by atoms with Gasteiger partial charge in [0.2, 0.25) is 5.91 Å². The van der Waals surface area contributed by atoms with E-state index >= 15 is 0 Å². The van der Waals surface area contributed by atoms with Crippen LogP contribution >= 0.6 is 0 Å². The van der Waals surface area contributed by atoms with Gasteiger partial charge in [0.25, 0.3) is 0 Å². The number of aliphatic hydroxyl groups excluding tert-OH is 1. The number of aliphatic hydroxyl groups is 1. The predicted octanol–water partition coefficient (Wildman–Crippen LogP) is 0.259. The molecule has 0 aliphatic heterocycles. The molecule has 2 atom stereocenters. The number of carbonyl (C=O) groups is 1. The summed E-state index contributed by atoms with van der Waals surface area (Å²) in [6.07, 6.45) is 0. The van der Waals surface area contributed by atoms with Gasteiger partial charge in [-0.25, -0.2) is 0 Å². The Labute approximate surface area is 95.5 Å². The molecular weight excluding hydrogens is 204 g/mol. The summed E-state index contributed by atoms with van der Waals surface area (Å²) < 4.78 is 0. The third-order valence-electron chi connectivity index (χ3n) is 2.48. The van der Waals surface area contributed by atoms with Crippen LogP contribution in [0.2, 0.25) is 0 Å². The number of amides is 1. The van der Waals surface area contributed by atoms with Crippen LogP contribution in [0.25, 0.3) is 0 Å². The zero-order valence-electron chi connectivity index (χ0n) is 9.39. The Balaban J connectivity index is 2.46. The Morgan fingerprint density at radius 3 is 2.56 bits per heavy atom. The third kappa shape index (κ3) is 3.64. The van der Waals surface area contributed by atoms with Gasteiger partial charge in [0, 0.05) is 12.6 Å². The SMILES string of the molecule is CC(N)C(CO)C(=O)NCc1ccccc1. The molecule has 1 amide bonds. The Morgan fingerprint density at radius 2 is 2.06 bits per heavy atom. The molecule has 0 aliphatic carbocycles. The van der Waals surface area contributed by atoms with Gasteiger partial charge in [-0.2, -0.15) is 0 Å². The van der Waals surface area contributed by atoms with E-state index in [2.05, 4.69) is 5.32 Å². The molecule has 2 unspecified atom stereocenters. The Bertz CT molecular complexity index is 325. The van der Waals surface area contributed by atoms with Crippen molar-refractivity contribution < 1.29 is 9.90 Å². The molecule has 1 aromatic carbocycles. The minimum atomic E-state index is -0.538. The molecule has 0 bridgehead atoms. The molecule has 1 aromatic rings. The number of nitrogens with two attached hydrogens (primary N) is 1. The highest BCUT2D eigenvalue weighted by molar-refractivity contribution is 5.79. The second-order valence-electron chi connectivity index (χ2n) is 3.85. The predicted molar refractivity (Wildman–Crippen MR) is 62.5 cm³/mol. The van der Waals surface area contributed by atoms with Crippen molar-refractivity contribution in [3.05, 3.63) is 35.9 Å². The molecule has 0 spiro atoms. The smallest absolute Gasteiger partial charge is 0.227 e. The summed E-state index contributed by atoms with van der Waals surface area (Å²) in [4.78, 5) is 11.6. The van der Waals surface area contributed by atoms with Gasteiger partial charge < -0.3 is 16.2 Å². The number of hydrogen-bond donors (Lipinski definition) is 3. The second kappa shape index (κ2) is 6.25. The highest BCUT2D eigenvalue weighted by atomic mass is 16.3. The van der Waals surface area contributed by atoms with E-state index in [1.54, 1.807) is 6.92 Å². The molecule has 0 saturated heterocycles. The summed E-state index contributed by atoms with van der Waals surface area (Å²) in [5, 5.41) is 11.8. The van der Waals surface area contributed by atoms with Crippen molar-refractivity contribution in [3.8, 4) is 0 Å². The topological polar surface area (TPSA) is 75.3 Å². The maximum absolute atomic E-state index is 11.6. The first-order valence-electron chi connectivity index (χ1n) is 5.33. The van der Waals surface area contributed by atoms with Crippen molar-refractivity contribution in [2.45, 2.75) is 19.5 Å². The molecule has 0 fully saturated rings. The van der Waals surface area contributed by atoms with Crippen molar-refractivity contribution in [1.82, 2.24) is 5.32 Å². The lowest BCUT2D eigenvalue weighted by atomic mass is 10.0. The maximum Gasteiger partial charge on any atom is 0.227 e. The zero-order chi connectivity index (χ0) is 12.0. The van der Waals surface area contributed by atoms with Crippen LogP contribution in [0, 0.1) is 5.92 Å². The van der Waals surface area contributed by atoms with Crippen LogP contribution in [0.3, 0.4) is 0 Å². The van der Waals surface area contributed by atoms with Crippen LogP contribution in [0.5, 0.6) is 0 Å². The summed E-state index contributed by atoms with van der Waals surface area (Å²) >= 11 is 0. The maximum atomic E-state index is 11.6. The van der Waals surface area contributed by atoms with Crippen LogP contribution in [0.15, 0.2) is 30.3 Å². The van der Waals surface area contributed by atoms with Gasteiger partial charge in [-0.05, 0) is 12.5 Å². The molecule has 0 saturated carbocycles.